The van der Waals surface area contributed by atoms with E-state index in [-0.39, 0.29) is 24.0 Å². The van der Waals surface area contributed by atoms with Crippen LogP contribution in [-0.2, 0) is 11.3 Å². The Bertz CT molecular complexity index is 472. The van der Waals surface area contributed by atoms with Gasteiger partial charge in [0.15, 0.2) is 5.96 Å². The van der Waals surface area contributed by atoms with Crippen LogP contribution in [0.5, 0.6) is 5.88 Å². The van der Waals surface area contributed by atoms with Crippen molar-refractivity contribution in [1.29, 1.82) is 0 Å². The van der Waals surface area contributed by atoms with E-state index in [9.17, 15) is 0 Å². The summed E-state index contributed by atoms with van der Waals surface area (Å²) in [5.41, 5.74) is 0.975. The molecular formula is C17H31IN4O2. The zero-order valence-electron chi connectivity index (χ0n) is 15.2. The highest BCUT2D eigenvalue weighted by atomic mass is 127. The van der Waals surface area contributed by atoms with Crippen molar-refractivity contribution < 1.29 is 9.47 Å². The molecule has 0 aliphatic rings. The quantitative estimate of drug-likeness (QED) is 0.257. The van der Waals surface area contributed by atoms with Crippen molar-refractivity contribution >= 4 is 29.9 Å². The first kappa shape index (κ1) is 22.9. The van der Waals surface area contributed by atoms with Gasteiger partial charge in [0.25, 0.3) is 0 Å². The number of unbranched alkanes of at least 4 members (excludes halogenated alkanes) is 1. The van der Waals surface area contributed by atoms with Crippen LogP contribution in [-0.4, -0.2) is 56.3 Å². The number of guanidine groups is 1. The first-order valence-electron chi connectivity index (χ1n) is 8.28. The molecular weight excluding hydrogens is 419 g/mol. The van der Waals surface area contributed by atoms with Crippen LogP contribution in [0.2, 0.25) is 0 Å². The van der Waals surface area contributed by atoms with Gasteiger partial charge in [0.2, 0.25) is 5.88 Å². The molecule has 0 amide bonds. The van der Waals surface area contributed by atoms with E-state index >= 15 is 0 Å². The number of aromatic nitrogens is 1. The molecule has 0 aliphatic heterocycles. The Kier molecular flexibility index (Phi) is 13.6. The van der Waals surface area contributed by atoms with E-state index in [0.717, 1.165) is 31.0 Å². The Balaban J connectivity index is 0.00000529. The number of methoxy groups -OCH3 is 1. The minimum absolute atomic E-state index is 0. The number of ether oxygens (including phenoxy) is 2. The lowest BCUT2D eigenvalue weighted by Gasteiger charge is -2.21. The van der Waals surface area contributed by atoms with Crippen molar-refractivity contribution in [2.75, 3.05) is 40.5 Å². The molecule has 1 rings (SSSR count). The lowest BCUT2D eigenvalue weighted by atomic mass is 10.3. The molecule has 0 aromatic carbocycles. The molecule has 0 bridgehead atoms. The Labute approximate surface area is 163 Å². The van der Waals surface area contributed by atoms with Gasteiger partial charge in [0.05, 0.1) is 13.2 Å². The zero-order valence-corrected chi connectivity index (χ0v) is 17.6. The summed E-state index contributed by atoms with van der Waals surface area (Å²) < 4.78 is 10.7. The fourth-order valence-electron chi connectivity index (χ4n) is 2.03. The molecule has 138 valence electrons. The fraction of sp³-hybridized carbons (Fsp3) is 0.647. The molecule has 7 heteroatoms. The SMILES string of the molecule is CCCCN(C)C(=NCc1cccnc1OCCOC)NCC.I. The number of pyridine rings is 1. The van der Waals surface area contributed by atoms with Crippen LogP contribution in [0.4, 0.5) is 0 Å². The maximum atomic E-state index is 5.66. The maximum absolute atomic E-state index is 5.66. The van der Waals surface area contributed by atoms with Crippen molar-refractivity contribution in [1.82, 2.24) is 15.2 Å². The predicted molar refractivity (Wildman–Crippen MR) is 109 cm³/mol. The van der Waals surface area contributed by atoms with Gasteiger partial charge >= 0.3 is 0 Å². The highest BCUT2D eigenvalue weighted by molar-refractivity contribution is 14.0. The second-order valence-electron chi connectivity index (χ2n) is 5.25. The van der Waals surface area contributed by atoms with Gasteiger partial charge in [-0.3, -0.25) is 0 Å². The largest absolute Gasteiger partial charge is 0.475 e. The average Bonchev–Trinajstić information content (AvgIpc) is 2.57. The van der Waals surface area contributed by atoms with E-state index in [1.807, 2.05) is 12.1 Å². The molecule has 1 N–H and O–H groups in total. The first-order valence-corrected chi connectivity index (χ1v) is 8.28. The molecule has 0 aliphatic carbocycles. The molecule has 0 fully saturated rings. The van der Waals surface area contributed by atoms with Gasteiger partial charge in [0, 0.05) is 39.0 Å². The molecule has 0 radical (unpaired) electrons. The molecule has 0 saturated carbocycles. The Morgan fingerprint density at radius 3 is 2.79 bits per heavy atom. The second kappa shape index (κ2) is 14.3. The normalized spacial score (nSPS) is 10.9. The van der Waals surface area contributed by atoms with Crippen LogP contribution >= 0.6 is 24.0 Å². The predicted octanol–water partition coefficient (Wildman–Crippen LogP) is 2.92. The fourth-order valence-corrected chi connectivity index (χ4v) is 2.03. The number of hydrogen-bond donors (Lipinski definition) is 1. The molecule has 0 unspecified atom stereocenters. The number of nitrogens with one attached hydrogen (secondary N) is 1. The summed E-state index contributed by atoms with van der Waals surface area (Å²) in [6.07, 6.45) is 4.05. The molecule has 0 spiro atoms. The molecule has 1 aromatic heterocycles. The highest BCUT2D eigenvalue weighted by Gasteiger charge is 2.07. The lowest BCUT2D eigenvalue weighted by Crippen LogP contribution is -2.39. The van der Waals surface area contributed by atoms with Gasteiger partial charge in [-0.1, -0.05) is 19.4 Å². The third-order valence-corrected chi connectivity index (χ3v) is 3.32. The van der Waals surface area contributed by atoms with Gasteiger partial charge in [-0.15, -0.1) is 24.0 Å². The summed E-state index contributed by atoms with van der Waals surface area (Å²) in [4.78, 5) is 11.2. The molecule has 1 aromatic rings. The van der Waals surface area contributed by atoms with Crippen LogP contribution in [0.1, 0.15) is 32.3 Å². The average molecular weight is 450 g/mol. The minimum Gasteiger partial charge on any atom is -0.475 e. The third-order valence-electron chi connectivity index (χ3n) is 3.32. The molecule has 1 heterocycles. The van der Waals surface area contributed by atoms with Crippen molar-refractivity contribution in [2.24, 2.45) is 4.99 Å². The van der Waals surface area contributed by atoms with Gasteiger partial charge in [-0.25, -0.2) is 9.98 Å². The smallest absolute Gasteiger partial charge is 0.218 e. The van der Waals surface area contributed by atoms with Crippen LogP contribution in [0.3, 0.4) is 0 Å². The zero-order chi connectivity index (χ0) is 16.9. The standard InChI is InChI=1S/C17H30N4O2.HI/c1-5-7-11-21(3)17(18-6-2)20-14-15-9-8-10-19-16(15)23-13-12-22-4;/h8-10H,5-7,11-14H2,1-4H3,(H,18,20);1H. The summed E-state index contributed by atoms with van der Waals surface area (Å²) in [6.45, 7) is 7.67. The number of nitrogens with zero attached hydrogens (tertiary/aromatic N) is 3. The summed E-state index contributed by atoms with van der Waals surface area (Å²) >= 11 is 0. The summed E-state index contributed by atoms with van der Waals surface area (Å²) in [5, 5.41) is 3.33. The molecule has 0 atom stereocenters. The van der Waals surface area contributed by atoms with Crippen molar-refractivity contribution in [3.8, 4) is 5.88 Å². The van der Waals surface area contributed by atoms with Crippen molar-refractivity contribution in [2.45, 2.75) is 33.2 Å². The van der Waals surface area contributed by atoms with Crippen LogP contribution < -0.4 is 10.1 Å². The number of rotatable bonds is 10. The van der Waals surface area contributed by atoms with Gasteiger partial charge in [-0.2, -0.15) is 0 Å². The van der Waals surface area contributed by atoms with Gasteiger partial charge in [0.1, 0.15) is 6.61 Å². The Hall–Kier alpha value is -1.09. The molecule has 24 heavy (non-hydrogen) atoms. The third kappa shape index (κ3) is 8.68. The summed E-state index contributed by atoms with van der Waals surface area (Å²) in [6, 6.07) is 3.90. The Morgan fingerprint density at radius 1 is 1.33 bits per heavy atom. The Morgan fingerprint density at radius 2 is 2.12 bits per heavy atom. The second-order valence-corrected chi connectivity index (χ2v) is 5.25. The van der Waals surface area contributed by atoms with E-state index in [4.69, 9.17) is 14.5 Å². The number of halogens is 1. The van der Waals surface area contributed by atoms with E-state index in [0.29, 0.717) is 25.6 Å². The van der Waals surface area contributed by atoms with Gasteiger partial charge in [-0.05, 0) is 19.4 Å². The lowest BCUT2D eigenvalue weighted by molar-refractivity contribution is 0.143. The van der Waals surface area contributed by atoms with Crippen LogP contribution in [0.25, 0.3) is 0 Å². The summed E-state index contributed by atoms with van der Waals surface area (Å²) in [5.74, 6) is 1.54. The molecule has 6 nitrogen and oxygen atoms in total. The highest BCUT2D eigenvalue weighted by Crippen LogP contribution is 2.15. The van der Waals surface area contributed by atoms with Crippen LogP contribution in [0.15, 0.2) is 23.3 Å². The maximum Gasteiger partial charge on any atom is 0.218 e. The van der Waals surface area contributed by atoms with E-state index < -0.39 is 0 Å². The van der Waals surface area contributed by atoms with Crippen molar-refractivity contribution in [3.63, 3.8) is 0 Å². The number of aliphatic imine (C=N–C) groups is 1. The van der Waals surface area contributed by atoms with E-state index in [1.165, 1.54) is 6.42 Å². The monoisotopic (exact) mass is 450 g/mol. The minimum atomic E-state index is 0. The molecule has 0 saturated heterocycles. The number of hydrogen-bond acceptors (Lipinski definition) is 4. The summed E-state index contributed by atoms with van der Waals surface area (Å²) in [7, 11) is 3.72. The van der Waals surface area contributed by atoms with Gasteiger partial charge < -0.3 is 19.7 Å². The van der Waals surface area contributed by atoms with E-state index in [2.05, 4.69) is 36.1 Å². The van der Waals surface area contributed by atoms with Crippen LogP contribution in [0, 0.1) is 0 Å². The van der Waals surface area contributed by atoms with Crippen molar-refractivity contribution in [3.05, 3.63) is 23.9 Å². The van der Waals surface area contributed by atoms with E-state index in [1.54, 1.807) is 13.3 Å². The first-order chi connectivity index (χ1) is 11.2. The topological polar surface area (TPSA) is 59.0 Å².